The normalized spacial score (nSPS) is 26.9. The Morgan fingerprint density at radius 2 is 1.95 bits per heavy atom. The van der Waals surface area contributed by atoms with Crippen LogP contribution in [0.2, 0.25) is 5.02 Å². The first-order valence-corrected chi connectivity index (χ1v) is 7.92. The molecular formula is C16H23ClN2O. The van der Waals surface area contributed by atoms with Gasteiger partial charge in [0.05, 0.1) is 12.2 Å². The topological polar surface area (TPSA) is 24.5 Å². The minimum absolute atomic E-state index is 0.266. The Bertz CT molecular complexity index is 466. The van der Waals surface area contributed by atoms with Crippen molar-refractivity contribution in [1.29, 1.82) is 0 Å². The van der Waals surface area contributed by atoms with Crippen LogP contribution >= 0.6 is 11.6 Å². The smallest absolute Gasteiger partial charge is 0.0726 e. The van der Waals surface area contributed by atoms with Crippen LogP contribution in [0.1, 0.15) is 32.3 Å². The molecular weight excluding hydrogens is 272 g/mol. The van der Waals surface area contributed by atoms with Gasteiger partial charge in [-0.25, -0.2) is 0 Å². The molecule has 0 bridgehead atoms. The van der Waals surface area contributed by atoms with Gasteiger partial charge in [-0.05, 0) is 44.4 Å². The van der Waals surface area contributed by atoms with Crippen molar-refractivity contribution in [2.24, 2.45) is 0 Å². The average Bonchev–Trinajstić information content (AvgIpc) is 3.20. The predicted octanol–water partition coefficient (Wildman–Crippen LogP) is 3.21. The highest BCUT2D eigenvalue weighted by molar-refractivity contribution is 6.30. The van der Waals surface area contributed by atoms with Crippen molar-refractivity contribution in [1.82, 2.24) is 5.32 Å². The highest BCUT2D eigenvalue weighted by Gasteiger charge is 2.25. The number of hydrogen-bond acceptors (Lipinski definition) is 3. The van der Waals surface area contributed by atoms with E-state index in [1.165, 1.54) is 24.1 Å². The number of ether oxygens (including phenoxy) is 1. The van der Waals surface area contributed by atoms with Gasteiger partial charge in [0.15, 0.2) is 0 Å². The summed E-state index contributed by atoms with van der Waals surface area (Å²) in [6.45, 7) is 7.06. The summed E-state index contributed by atoms with van der Waals surface area (Å²) < 4.78 is 5.83. The zero-order valence-electron chi connectivity index (χ0n) is 12.2. The molecule has 0 aromatic heterocycles. The SMILES string of the molecule is CC1CN(c2cc(Cl)ccc2CNC2CC2)CC(C)O1. The van der Waals surface area contributed by atoms with Crippen molar-refractivity contribution in [3.8, 4) is 0 Å². The fraction of sp³-hybridized carbons (Fsp3) is 0.625. The first-order chi connectivity index (χ1) is 9.61. The van der Waals surface area contributed by atoms with Crippen LogP contribution in [0.5, 0.6) is 0 Å². The van der Waals surface area contributed by atoms with Crippen LogP contribution in [0.3, 0.4) is 0 Å². The van der Waals surface area contributed by atoms with E-state index in [2.05, 4.69) is 36.2 Å². The van der Waals surface area contributed by atoms with Crippen LogP contribution < -0.4 is 10.2 Å². The van der Waals surface area contributed by atoms with Crippen molar-refractivity contribution in [3.63, 3.8) is 0 Å². The first-order valence-electron chi connectivity index (χ1n) is 7.54. The van der Waals surface area contributed by atoms with Crippen molar-refractivity contribution < 1.29 is 4.74 Å². The lowest BCUT2D eigenvalue weighted by Crippen LogP contribution is -2.46. The van der Waals surface area contributed by atoms with Gasteiger partial charge in [0, 0.05) is 36.4 Å². The van der Waals surface area contributed by atoms with Crippen molar-refractivity contribution in [3.05, 3.63) is 28.8 Å². The Labute approximate surface area is 126 Å². The van der Waals surface area contributed by atoms with Crippen LogP contribution in [-0.2, 0) is 11.3 Å². The first kappa shape index (κ1) is 14.2. The average molecular weight is 295 g/mol. The maximum Gasteiger partial charge on any atom is 0.0726 e. The minimum atomic E-state index is 0.266. The quantitative estimate of drug-likeness (QED) is 0.923. The van der Waals surface area contributed by atoms with Gasteiger partial charge in [-0.2, -0.15) is 0 Å². The van der Waals surface area contributed by atoms with Gasteiger partial charge >= 0.3 is 0 Å². The second-order valence-corrected chi connectivity index (χ2v) is 6.53. The Morgan fingerprint density at radius 3 is 2.60 bits per heavy atom. The Kier molecular flexibility index (Phi) is 4.20. The van der Waals surface area contributed by atoms with Gasteiger partial charge in [-0.1, -0.05) is 17.7 Å². The molecule has 20 heavy (non-hydrogen) atoms. The summed E-state index contributed by atoms with van der Waals surface area (Å²) in [5, 5.41) is 4.40. The van der Waals surface area contributed by atoms with Gasteiger partial charge in [0.2, 0.25) is 0 Å². The molecule has 2 unspecified atom stereocenters. The zero-order valence-corrected chi connectivity index (χ0v) is 13.0. The molecule has 1 saturated carbocycles. The molecule has 3 nitrogen and oxygen atoms in total. The molecule has 110 valence electrons. The van der Waals surface area contributed by atoms with Gasteiger partial charge in [-0.3, -0.25) is 0 Å². The third-order valence-electron chi connectivity index (χ3n) is 3.97. The number of nitrogens with one attached hydrogen (secondary N) is 1. The number of morpholine rings is 1. The third-order valence-corrected chi connectivity index (χ3v) is 4.20. The van der Waals surface area contributed by atoms with Crippen LogP contribution in [0.4, 0.5) is 5.69 Å². The van der Waals surface area contributed by atoms with Crippen LogP contribution in [0.25, 0.3) is 0 Å². The second-order valence-electron chi connectivity index (χ2n) is 6.09. The van der Waals surface area contributed by atoms with E-state index in [-0.39, 0.29) is 12.2 Å². The van der Waals surface area contributed by atoms with E-state index in [0.29, 0.717) is 0 Å². The number of halogens is 1. The van der Waals surface area contributed by atoms with Gasteiger partial charge in [0.1, 0.15) is 0 Å². The Hall–Kier alpha value is -0.770. The van der Waals surface area contributed by atoms with E-state index in [4.69, 9.17) is 16.3 Å². The van der Waals surface area contributed by atoms with E-state index in [0.717, 1.165) is 30.7 Å². The van der Waals surface area contributed by atoms with Crippen molar-refractivity contribution >= 4 is 17.3 Å². The Balaban J connectivity index is 1.79. The maximum absolute atomic E-state index is 6.21. The van der Waals surface area contributed by atoms with Crippen LogP contribution in [-0.4, -0.2) is 31.3 Å². The summed E-state index contributed by atoms with van der Waals surface area (Å²) in [6.07, 6.45) is 3.16. The monoisotopic (exact) mass is 294 g/mol. The highest BCUT2D eigenvalue weighted by atomic mass is 35.5. The molecule has 0 radical (unpaired) electrons. The molecule has 1 aliphatic carbocycles. The lowest BCUT2D eigenvalue weighted by Gasteiger charge is -2.38. The lowest BCUT2D eigenvalue weighted by atomic mass is 10.1. The van der Waals surface area contributed by atoms with Crippen molar-refractivity contribution in [2.75, 3.05) is 18.0 Å². The second kappa shape index (κ2) is 5.92. The maximum atomic E-state index is 6.21. The molecule has 2 fully saturated rings. The molecule has 0 spiro atoms. The number of anilines is 1. The van der Waals surface area contributed by atoms with Gasteiger partial charge in [-0.15, -0.1) is 0 Å². The third kappa shape index (κ3) is 3.46. The molecule has 1 aromatic carbocycles. The van der Waals surface area contributed by atoms with Gasteiger partial charge in [0.25, 0.3) is 0 Å². The zero-order chi connectivity index (χ0) is 14.1. The highest BCUT2D eigenvalue weighted by Crippen LogP contribution is 2.29. The molecule has 1 aliphatic heterocycles. The molecule has 2 aliphatic rings. The van der Waals surface area contributed by atoms with E-state index in [1.54, 1.807) is 0 Å². The van der Waals surface area contributed by atoms with Crippen LogP contribution in [0, 0.1) is 0 Å². The molecule has 1 saturated heterocycles. The summed E-state index contributed by atoms with van der Waals surface area (Å²) in [6, 6.07) is 6.96. The summed E-state index contributed by atoms with van der Waals surface area (Å²) in [5.41, 5.74) is 2.59. The minimum Gasteiger partial charge on any atom is -0.372 e. The largest absolute Gasteiger partial charge is 0.372 e. The van der Waals surface area contributed by atoms with Crippen LogP contribution in [0.15, 0.2) is 18.2 Å². The Morgan fingerprint density at radius 1 is 1.25 bits per heavy atom. The van der Waals surface area contributed by atoms with Gasteiger partial charge < -0.3 is 15.0 Å². The number of rotatable bonds is 4. The summed E-state index contributed by atoms with van der Waals surface area (Å²) in [4.78, 5) is 2.41. The van der Waals surface area contributed by atoms with E-state index >= 15 is 0 Å². The number of hydrogen-bond donors (Lipinski definition) is 1. The predicted molar refractivity (Wildman–Crippen MR) is 83.5 cm³/mol. The van der Waals surface area contributed by atoms with E-state index in [9.17, 15) is 0 Å². The molecule has 2 atom stereocenters. The summed E-state index contributed by atoms with van der Waals surface area (Å²) in [5.74, 6) is 0. The van der Waals surface area contributed by atoms with Crippen molar-refractivity contribution in [2.45, 2.75) is 51.5 Å². The molecule has 4 heteroatoms. The van der Waals surface area contributed by atoms with E-state index in [1.807, 2.05) is 6.07 Å². The summed E-state index contributed by atoms with van der Waals surface area (Å²) >= 11 is 6.21. The molecule has 3 rings (SSSR count). The molecule has 1 heterocycles. The molecule has 1 aromatic rings. The van der Waals surface area contributed by atoms with E-state index < -0.39 is 0 Å². The lowest BCUT2D eigenvalue weighted by molar-refractivity contribution is -0.00526. The fourth-order valence-corrected chi connectivity index (χ4v) is 3.06. The fourth-order valence-electron chi connectivity index (χ4n) is 2.90. The molecule has 1 N–H and O–H groups in total. The number of nitrogens with zero attached hydrogens (tertiary/aromatic N) is 1. The summed E-state index contributed by atoms with van der Waals surface area (Å²) in [7, 11) is 0. The molecule has 0 amide bonds. The standard InChI is InChI=1S/C16H23ClN2O/c1-11-9-19(10-12(2)20-11)16-7-14(17)4-3-13(16)8-18-15-5-6-15/h3-4,7,11-12,15,18H,5-6,8-10H2,1-2H3. The number of benzene rings is 1.